The van der Waals surface area contributed by atoms with Crippen molar-refractivity contribution in [2.45, 2.75) is 37.1 Å². The van der Waals surface area contributed by atoms with Crippen LogP contribution in [0.15, 0.2) is 34.3 Å². The third kappa shape index (κ3) is 5.37. The molecule has 0 aliphatic heterocycles. The van der Waals surface area contributed by atoms with Crippen molar-refractivity contribution in [2.75, 3.05) is 5.32 Å². The Labute approximate surface area is 143 Å². The Morgan fingerprint density at radius 3 is 2.91 bits per heavy atom. The van der Waals surface area contributed by atoms with Gasteiger partial charge in [0.2, 0.25) is 5.91 Å². The maximum atomic E-state index is 12.2. The number of aromatic amines is 1. The highest BCUT2D eigenvalue weighted by Gasteiger charge is 2.16. The topological polar surface area (TPSA) is 87.7 Å². The maximum Gasteiger partial charge on any atom is 0.251 e. The molecule has 0 spiro atoms. The number of hydrogen-bond acceptors (Lipinski definition) is 5. The predicted molar refractivity (Wildman–Crippen MR) is 92.0 cm³/mol. The van der Waals surface area contributed by atoms with Crippen molar-refractivity contribution >= 4 is 35.1 Å². The van der Waals surface area contributed by atoms with Crippen LogP contribution in [0.5, 0.6) is 0 Å². The maximum absolute atomic E-state index is 12.2. The molecule has 23 heavy (non-hydrogen) atoms. The van der Waals surface area contributed by atoms with Gasteiger partial charge < -0.3 is 10.3 Å². The fourth-order valence-electron chi connectivity index (χ4n) is 1.82. The fourth-order valence-corrected chi connectivity index (χ4v) is 2.76. The lowest BCUT2D eigenvalue weighted by Gasteiger charge is -2.11. The van der Waals surface area contributed by atoms with Crippen LogP contribution >= 0.6 is 23.4 Å². The van der Waals surface area contributed by atoms with Gasteiger partial charge in [-0.15, -0.1) is 0 Å². The van der Waals surface area contributed by atoms with E-state index in [1.807, 2.05) is 6.92 Å². The second kappa shape index (κ2) is 8.12. The number of amides is 1. The number of rotatable bonds is 6. The first-order chi connectivity index (χ1) is 11.0. The standard InChI is InChI=1S/C15H17ClN4O2S/c1-3-4-11-7-13(21)20-15(18-11)23-9(2)14(22)19-12-6-5-10(16)8-17-12/h5-9H,3-4H2,1-2H3,(H,17,19,22)(H,18,20,21)/t9-/m0/s1. The molecule has 0 bridgehead atoms. The molecule has 122 valence electrons. The number of H-pyrrole nitrogens is 1. The molecule has 6 nitrogen and oxygen atoms in total. The minimum absolute atomic E-state index is 0.210. The highest BCUT2D eigenvalue weighted by Crippen LogP contribution is 2.20. The number of thioether (sulfide) groups is 1. The summed E-state index contributed by atoms with van der Waals surface area (Å²) in [6.07, 6.45) is 3.09. The molecule has 0 fully saturated rings. The highest BCUT2D eigenvalue weighted by atomic mass is 35.5. The van der Waals surface area contributed by atoms with Crippen molar-refractivity contribution in [2.24, 2.45) is 0 Å². The Bertz CT molecular complexity index is 733. The molecule has 2 aromatic heterocycles. The predicted octanol–water partition coefficient (Wildman–Crippen LogP) is 2.89. The molecule has 2 heterocycles. The number of hydrogen-bond donors (Lipinski definition) is 2. The van der Waals surface area contributed by atoms with E-state index in [4.69, 9.17) is 11.6 Å². The van der Waals surface area contributed by atoms with Crippen molar-refractivity contribution in [3.63, 3.8) is 0 Å². The third-order valence-electron chi connectivity index (χ3n) is 2.92. The summed E-state index contributed by atoms with van der Waals surface area (Å²) in [4.78, 5) is 34.8. The molecule has 0 saturated carbocycles. The minimum Gasteiger partial charge on any atom is -0.310 e. The van der Waals surface area contributed by atoms with Crippen molar-refractivity contribution in [1.29, 1.82) is 0 Å². The van der Waals surface area contributed by atoms with Gasteiger partial charge in [-0.2, -0.15) is 0 Å². The van der Waals surface area contributed by atoms with Gasteiger partial charge in [0.1, 0.15) is 5.82 Å². The summed E-state index contributed by atoms with van der Waals surface area (Å²) in [7, 11) is 0. The van der Waals surface area contributed by atoms with Crippen LogP contribution in [0.25, 0.3) is 0 Å². The van der Waals surface area contributed by atoms with Crippen LogP contribution in [0.2, 0.25) is 5.02 Å². The summed E-state index contributed by atoms with van der Waals surface area (Å²) in [5, 5.41) is 3.19. The van der Waals surface area contributed by atoms with Gasteiger partial charge in [0.05, 0.1) is 10.3 Å². The smallest absolute Gasteiger partial charge is 0.251 e. The molecule has 2 rings (SSSR count). The van der Waals surface area contributed by atoms with Crippen molar-refractivity contribution in [1.82, 2.24) is 15.0 Å². The number of nitrogens with zero attached hydrogens (tertiary/aromatic N) is 2. The van der Waals surface area contributed by atoms with Crippen LogP contribution in [-0.4, -0.2) is 26.1 Å². The number of anilines is 1. The Balaban J connectivity index is 2.03. The van der Waals surface area contributed by atoms with Crippen LogP contribution in [0, 0.1) is 0 Å². The summed E-state index contributed by atoms with van der Waals surface area (Å²) in [5.74, 6) is 0.196. The summed E-state index contributed by atoms with van der Waals surface area (Å²) >= 11 is 6.95. The van der Waals surface area contributed by atoms with Crippen molar-refractivity contribution in [3.05, 3.63) is 45.5 Å². The Kier molecular flexibility index (Phi) is 6.18. The zero-order valence-corrected chi connectivity index (χ0v) is 14.4. The first-order valence-corrected chi connectivity index (χ1v) is 8.43. The second-order valence-corrected chi connectivity index (χ2v) is 6.67. The number of halogens is 1. The van der Waals surface area contributed by atoms with E-state index in [0.29, 0.717) is 16.0 Å². The Morgan fingerprint density at radius 1 is 1.48 bits per heavy atom. The summed E-state index contributed by atoms with van der Waals surface area (Å²) < 4.78 is 0. The lowest BCUT2D eigenvalue weighted by Crippen LogP contribution is -2.23. The molecule has 0 aromatic carbocycles. The van der Waals surface area contributed by atoms with Gasteiger partial charge in [0, 0.05) is 18.0 Å². The number of pyridine rings is 1. The van der Waals surface area contributed by atoms with Gasteiger partial charge in [0.25, 0.3) is 5.56 Å². The lowest BCUT2D eigenvalue weighted by atomic mass is 10.2. The quantitative estimate of drug-likeness (QED) is 0.616. The molecule has 0 aliphatic rings. The first-order valence-electron chi connectivity index (χ1n) is 7.17. The third-order valence-corrected chi connectivity index (χ3v) is 4.12. The highest BCUT2D eigenvalue weighted by molar-refractivity contribution is 8.00. The summed E-state index contributed by atoms with van der Waals surface area (Å²) in [5.41, 5.74) is 0.517. The number of aryl methyl sites for hydroxylation is 1. The van der Waals surface area contributed by atoms with Gasteiger partial charge in [-0.3, -0.25) is 9.59 Å². The Hall–Kier alpha value is -1.86. The van der Waals surface area contributed by atoms with Crippen LogP contribution in [0.1, 0.15) is 26.0 Å². The van der Waals surface area contributed by atoms with Gasteiger partial charge in [-0.25, -0.2) is 9.97 Å². The largest absolute Gasteiger partial charge is 0.310 e. The van der Waals surface area contributed by atoms with Crippen LogP contribution in [-0.2, 0) is 11.2 Å². The molecule has 1 atom stereocenters. The lowest BCUT2D eigenvalue weighted by molar-refractivity contribution is -0.115. The number of carbonyl (C=O) groups is 1. The Morgan fingerprint density at radius 2 is 2.26 bits per heavy atom. The fraction of sp³-hybridized carbons (Fsp3) is 0.333. The number of carbonyl (C=O) groups excluding carboxylic acids is 1. The van der Waals surface area contributed by atoms with Crippen LogP contribution in [0.3, 0.4) is 0 Å². The molecule has 0 radical (unpaired) electrons. The van der Waals surface area contributed by atoms with E-state index in [-0.39, 0.29) is 11.5 Å². The minimum atomic E-state index is -0.437. The zero-order chi connectivity index (χ0) is 16.8. The van der Waals surface area contributed by atoms with Gasteiger partial charge >= 0.3 is 0 Å². The normalized spacial score (nSPS) is 12.0. The first kappa shape index (κ1) is 17.5. The molecule has 0 unspecified atom stereocenters. The van der Waals surface area contributed by atoms with E-state index in [0.717, 1.165) is 18.5 Å². The van der Waals surface area contributed by atoms with Crippen LogP contribution in [0.4, 0.5) is 5.82 Å². The average Bonchev–Trinajstić information content (AvgIpc) is 2.49. The van der Waals surface area contributed by atoms with Crippen molar-refractivity contribution < 1.29 is 4.79 Å². The number of nitrogens with one attached hydrogen (secondary N) is 2. The van der Waals surface area contributed by atoms with Gasteiger partial charge in [0.15, 0.2) is 5.16 Å². The second-order valence-electron chi connectivity index (χ2n) is 4.90. The molecular weight excluding hydrogens is 336 g/mol. The van der Waals surface area contributed by atoms with E-state index in [1.54, 1.807) is 19.1 Å². The molecule has 2 aromatic rings. The molecule has 0 aliphatic carbocycles. The summed E-state index contributed by atoms with van der Waals surface area (Å²) in [6.45, 7) is 3.76. The molecule has 1 amide bonds. The molecule has 8 heteroatoms. The van der Waals surface area contributed by atoms with E-state index in [9.17, 15) is 9.59 Å². The molecule has 2 N–H and O–H groups in total. The molecule has 0 saturated heterocycles. The van der Waals surface area contributed by atoms with E-state index < -0.39 is 5.25 Å². The summed E-state index contributed by atoms with van der Waals surface area (Å²) in [6, 6.07) is 4.75. The van der Waals surface area contributed by atoms with E-state index in [1.165, 1.54) is 24.0 Å². The monoisotopic (exact) mass is 352 g/mol. The molecular formula is C15H17ClN4O2S. The van der Waals surface area contributed by atoms with Crippen LogP contribution < -0.4 is 10.9 Å². The van der Waals surface area contributed by atoms with E-state index >= 15 is 0 Å². The zero-order valence-electron chi connectivity index (χ0n) is 12.8. The average molecular weight is 353 g/mol. The van der Waals surface area contributed by atoms with E-state index in [2.05, 4.69) is 20.3 Å². The SMILES string of the molecule is CCCc1cc(=O)[nH]c(S[C@@H](C)C(=O)Nc2ccc(Cl)cn2)n1. The van der Waals surface area contributed by atoms with Crippen molar-refractivity contribution in [3.8, 4) is 0 Å². The van der Waals surface area contributed by atoms with Gasteiger partial charge in [-0.1, -0.05) is 36.7 Å². The van der Waals surface area contributed by atoms with Gasteiger partial charge in [-0.05, 0) is 25.5 Å². The number of aromatic nitrogens is 3.